The first kappa shape index (κ1) is 24.7. The average molecular weight is 514 g/mol. The number of rotatable bonds is 9. The van der Waals surface area contributed by atoms with Crippen LogP contribution in [0.2, 0.25) is 0 Å². The molecular weight excluding hydrogens is 486 g/mol. The van der Waals surface area contributed by atoms with Crippen LogP contribution in [-0.2, 0) is 11.3 Å². The van der Waals surface area contributed by atoms with Gasteiger partial charge in [0.1, 0.15) is 17.7 Å². The molecule has 0 aliphatic rings. The van der Waals surface area contributed by atoms with Gasteiger partial charge in [0, 0.05) is 32.6 Å². The molecule has 0 saturated carbocycles. The van der Waals surface area contributed by atoms with Crippen LogP contribution in [0.1, 0.15) is 18.9 Å². The van der Waals surface area contributed by atoms with E-state index in [0.717, 1.165) is 5.56 Å². The van der Waals surface area contributed by atoms with Gasteiger partial charge in [0.25, 0.3) is 0 Å². The van der Waals surface area contributed by atoms with Crippen LogP contribution >= 0.6 is 24.0 Å². The fraction of sp³-hybridized carbons (Fsp3) is 0.333. The van der Waals surface area contributed by atoms with E-state index in [1.807, 2.05) is 37.3 Å². The van der Waals surface area contributed by atoms with Crippen LogP contribution in [0.3, 0.4) is 0 Å². The molecule has 2 aromatic carbocycles. The van der Waals surface area contributed by atoms with E-state index < -0.39 is 0 Å². The summed E-state index contributed by atoms with van der Waals surface area (Å²) in [5, 5.41) is 9.10. The van der Waals surface area contributed by atoms with E-state index in [9.17, 15) is 9.18 Å². The van der Waals surface area contributed by atoms with Crippen molar-refractivity contribution in [2.45, 2.75) is 26.0 Å². The maximum Gasteiger partial charge on any atom is 0.222 e. The number of amides is 1. The zero-order valence-corrected chi connectivity index (χ0v) is 19.0. The summed E-state index contributed by atoms with van der Waals surface area (Å²) in [6, 6.07) is 15.8. The predicted molar refractivity (Wildman–Crippen MR) is 124 cm³/mol. The fourth-order valence-electron chi connectivity index (χ4n) is 2.45. The normalized spacial score (nSPS) is 11.8. The standard InChI is InChI=1S/C21H27FN4O2.HI/c1-16(28-19-10-6-9-18(22)13-19)14-26-21(23-2)24-12-11-20(27)25-15-17-7-4-3-5-8-17;/h3-10,13,16H,11-12,14-15H2,1-2H3,(H,25,27)(H2,23,24,26);1H. The minimum Gasteiger partial charge on any atom is -0.489 e. The number of ether oxygens (including phenoxy) is 1. The van der Waals surface area contributed by atoms with Gasteiger partial charge in [-0.2, -0.15) is 0 Å². The molecule has 3 N–H and O–H groups in total. The SMILES string of the molecule is CN=C(NCCC(=O)NCc1ccccc1)NCC(C)Oc1cccc(F)c1.I. The third kappa shape index (κ3) is 10.1. The molecule has 0 bridgehead atoms. The molecule has 1 unspecified atom stereocenters. The monoisotopic (exact) mass is 514 g/mol. The van der Waals surface area contributed by atoms with Crippen LogP contribution in [0.25, 0.3) is 0 Å². The lowest BCUT2D eigenvalue weighted by Crippen LogP contribution is -2.42. The molecule has 0 heterocycles. The molecule has 2 rings (SSSR count). The van der Waals surface area contributed by atoms with Crippen LogP contribution in [0.15, 0.2) is 59.6 Å². The Kier molecular flexibility index (Phi) is 11.7. The van der Waals surface area contributed by atoms with Crippen LogP contribution in [0.4, 0.5) is 4.39 Å². The van der Waals surface area contributed by atoms with E-state index in [0.29, 0.717) is 37.8 Å². The van der Waals surface area contributed by atoms with Gasteiger partial charge >= 0.3 is 0 Å². The summed E-state index contributed by atoms with van der Waals surface area (Å²) >= 11 is 0. The number of benzene rings is 2. The Bertz CT molecular complexity index is 774. The Morgan fingerprint density at radius 3 is 2.55 bits per heavy atom. The molecule has 0 aromatic heterocycles. The van der Waals surface area contributed by atoms with E-state index >= 15 is 0 Å². The minimum atomic E-state index is -0.333. The van der Waals surface area contributed by atoms with E-state index in [1.165, 1.54) is 12.1 Å². The molecule has 0 aliphatic heterocycles. The molecule has 158 valence electrons. The number of aliphatic imine (C=N–C) groups is 1. The summed E-state index contributed by atoms with van der Waals surface area (Å²) < 4.78 is 18.8. The van der Waals surface area contributed by atoms with Gasteiger partial charge in [-0.1, -0.05) is 36.4 Å². The highest BCUT2D eigenvalue weighted by Gasteiger charge is 2.07. The molecule has 1 amide bonds. The Morgan fingerprint density at radius 1 is 1.10 bits per heavy atom. The summed E-state index contributed by atoms with van der Waals surface area (Å²) in [6.45, 7) is 3.33. The number of carbonyl (C=O) groups excluding carboxylic acids is 1. The van der Waals surface area contributed by atoms with Crippen molar-refractivity contribution < 1.29 is 13.9 Å². The Labute approximate surface area is 188 Å². The maximum absolute atomic E-state index is 13.2. The summed E-state index contributed by atoms with van der Waals surface area (Å²) in [7, 11) is 1.66. The number of nitrogens with one attached hydrogen (secondary N) is 3. The van der Waals surface area contributed by atoms with Crippen LogP contribution < -0.4 is 20.7 Å². The van der Waals surface area contributed by atoms with Gasteiger partial charge in [0.15, 0.2) is 5.96 Å². The van der Waals surface area contributed by atoms with Crippen molar-refractivity contribution in [1.82, 2.24) is 16.0 Å². The number of hydrogen-bond donors (Lipinski definition) is 3. The molecule has 1 atom stereocenters. The topological polar surface area (TPSA) is 74.8 Å². The molecule has 2 aromatic rings. The van der Waals surface area contributed by atoms with Gasteiger partial charge in [-0.25, -0.2) is 4.39 Å². The van der Waals surface area contributed by atoms with Gasteiger partial charge in [0.05, 0.1) is 6.54 Å². The number of carbonyl (C=O) groups is 1. The van der Waals surface area contributed by atoms with E-state index in [2.05, 4.69) is 20.9 Å². The van der Waals surface area contributed by atoms with Crippen molar-refractivity contribution in [1.29, 1.82) is 0 Å². The van der Waals surface area contributed by atoms with Crippen molar-refractivity contribution >= 4 is 35.8 Å². The number of halogens is 2. The van der Waals surface area contributed by atoms with E-state index in [1.54, 1.807) is 19.2 Å². The van der Waals surface area contributed by atoms with Gasteiger partial charge in [-0.3, -0.25) is 9.79 Å². The number of hydrogen-bond acceptors (Lipinski definition) is 3. The third-order valence-corrected chi connectivity index (χ3v) is 3.89. The van der Waals surface area contributed by atoms with Gasteiger partial charge in [-0.05, 0) is 24.6 Å². The Balaban J connectivity index is 0.00000420. The first-order chi connectivity index (χ1) is 13.6. The van der Waals surface area contributed by atoms with Gasteiger partial charge < -0.3 is 20.7 Å². The molecule has 6 nitrogen and oxygen atoms in total. The van der Waals surface area contributed by atoms with Crippen molar-refractivity contribution in [3.8, 4) is 5.75 Å². The second kappa shape index (κ2) is 13.8. The second-order valence-electron chi connectivity index (χ2n) is 6.28. The highest BCUT2D eigenvalue weighted by molar-refractivity contribution is 14.0. The fourth-order valence-corrected chi connectivity index (χ4v) is 2.45. The van der Waals surface area contributed by atoms with Gasteiger partial charge in [-0.15, -0.1) is 24.0 Å². The summed E-state index contributed by atoms with van der Waals surface area (Å²) in [5.74, 6) is 0.688. The van der Waals surface area contributed by atoms with Gasteiger partial charge in [0.2, 0.25) is 5.91 Å². The van der Waals surface area contributed by atoms with Crippen molar-refractivity contribution in [2.24, 2.45) is 4.99 Å². The summed E-state index contributed by atoms with van der Waals surface area (Å²) in [5.41, 5.74) is 1.06. The Morgan fingerprint density at radius 2 is 1.86 bits per heavy atom. The van der Waals surface area contributed by atoms with Crippen LogP contribution in [0, 0.1) is 5.82 Å². The highest BCUT2D eigenvalue weighted by Crippen LogP contribution is 2.13. The quantitative estimate of drug-likeness (QED) is 0.273. The number of nitrogens with zero attached hydrogens (tertiary/aromatic N) is 1. The average Bonchev–Trinajstić information content (AvgIpc) is 2.69. The van der Waals surface area contributed by atoms with Crippen LogP contribution in [0.5, 0.6) is 5.75 Å². The second-order valence-corrected chi connectivity index (χ2v) is 6.28. The third-order valence-electron chi connectivity index (χ3n) is 3.89. The first-order valence-electron chi connectivity index (χ1n) is 9.24. The minimum absolute atomic E-state index is 0. The molecule has 8 heteroatoms. The van der Waals surface area contributed by atoms with E-state index in [4.69, 9.17) is 4.74 Å². The molecule has 0 fully saturated rings. The molecular formula is C21H28FIN4O2. The lowest BCUT2D eigenvalue weighted by molar-refractivity contribution is -0.121. The zero-order valence-electron chi connectivity index (χ0n) is 16.7. The largest absolute Gasteiger partial charge is 0.489 e. The lowest BCUT2D eigenvalue weighted by Gasteiger charge is -2.17. The lowest BCUT2D eigenvalue weighted by atomic mass is 10.2. The molecule has 29 heavy (non-hydrogen) atoms. The Hall–Kier alpha value is -2.36. The molecule has 0 saturated heterocycles. The smallest absolute Gasteiger partial charge is 0.222 e. The number of guanidine groups is 1. The van der Waals surface area contributed by atoms with Crippen molar-refractivity contribution in [3.63, 3.8) is 0 Å². The molecule has 0 aliphatic carbocycles. The van der Waals surface area contributed by atoms with Crippen molar-refractivity contribution in [2.75, 3.05) is 20.1 Å². The molecule has 0 radical (unpaired) electrons. The highest BCUT2D eigenvalue weighted by atomic mass is 127. The summed E-state index contributed by atoms with van der Waals surface area (Å²) in [4.78, 5) is 16.0. The maximum atomic E-state index is 13.2. The predicted octanol–water partition coefficient (Wildman–Crippen LogP) is 3.08. The van der Waals surface area contributed by atoms with Crippen molar-refractivity contribution in [3.05, 3.63) is 66.0 Å². The first-order valence-corrected chi connectivity index (χ1v) is 9.24. The summed E-state index contributed by atoms with van der Waals surface area (Å²) in [6.07, 6.45) is 0.151. The van der Waals surface area contributed by atoms with E-state index in [-0.39, 0.29) is 41.8 Å². The van der Waals surface area contributed by atoms with Crippen LogP contribution in [-0.4, -0.2) is 38.1 Å². The molecule has 0 spiro atoms. The zero-order chi connectivity index (χ0) is 20.2.